The first-order chi connectivity index (χ1) is 13.7. The van der Waals surface area contributed by atoms with Gasteiger partial charge in [-0.2, -0.15) is 5.10 Å². The Morgan fingerprint density at radius 2 is 1.89 bits per heavy atom. The number of benzene rings is 2. The second-order valence-corrected chi connectivity index (χ2v) is 7.29. The molecule has 1 amide bonds. The third-order valence-electron chi connectivity index (χ3n) is 4.52. The van der Waals surface area contributed by atoms with Gasteiger partial charge >= 0.3 is 0 Å². The van der Waals surface area contributed by atoms with Crippen LogP contribution in [0.4, 0.5) is 5.69 Å². The summed E-state index contributed by atoms with van der Waals surface area (Å²) in [7, 11) is 0. The van der Waals surface area contributed by atoms with Crippen LogP contribution < -0.4 is 10.1 Å². The van der Waals surface area contributed by atoms with Crippen LogP contribution >= 0.6 is 11.6 Å². The average Bonchev–Trinajstić information content (AvgIpc) is 3.44. The molecule has 0 bridgehead atoms. The van der Waals surface area contributed by atoms with Crippen LogP contribution in [-0.2, 0) is 4.79 Å². The molecule has 0 atom stereocenters. The fourth-order valence-corrected chi connectivity index (χ4v) is 2.95. The van der Waals surface area contributed by atoms with Gasteiger partial charge in [0.1, 0.15) is 11.6 Å². The number of anilines is 1. The molecule has 4 rings (SSSR count). The normalized spacial score (nSPS) is 13.3. The highest BCUT2D eigenvalue weighted by Crippen LogP contribution is 2.38. The molecule has 144 valence electrons. The molecule has 28 heavy (non-hydrogen) atoms. The van der Waals surface area contributed by atoms with Gasteiger partial charge in [0, 0.05) is 28.6 Å². The van der Waals surface area contributed by atoms with Gasteiger partial charge in [-0.3, -0.25) is 9.89 Å². The Morgan fingerprint density at radius 3 is 2.61 bits per heavy atom. The van der Waals surface area contributed by atoms with E-state index >= 15 is 0 Å². The van der Waals surface area contributed by atoms with Crippen molar-refractivity contribution in [3.05, 3.63) is 59.4 Å². The Hall–Kier alpha value is -2.86. The summed E-state index contributed by atoms with van der Waals surface area (Å²) in [6, 6.07) is 14.7. The molecule has 0 aliphatic heterocycles. The number of aromatic amines is 1. The van der Waals surface area contributed by atoms with Gasteiger partial charge in [0.2, 0.25) is 5.91 Å². The lowest BCUT2D eigenvalue weighted by Crippen LogP contribution is -2.12. The third-order valence-corrected chi connectivity index (χ3v) is 4.78. The van der Waals surface area contributed by atoms with Crippen LogP contribution in [0.2, 0.25) is 5.02 Å². The minimum atomic E-state index is -0.0404. The van der Waals surface area contributed by atoms with Crippen LogP contribution in [0.3, 0.4) is 0 Å². The molecule has 3 aromatic rings. The molecule has 6 nitrogen and oxygen atoms in total. The Balaban J connectivity index is 1.22. The van der Waals surface area contributed by atoms with Crippen molar-refractivity contribution >= 4 is 23.2 Å². The van der Waals surface area contributed by atoms with Gasteiger partial charge in [0.15, 0.2) is 5.82 Å². The number of halogens is 1. The van der Waals surface area contributed by atoms with E-state index in [9.17, 15) is 4.79 Å². The van der Waals surface area contributed by atoms with Crippen LogP contribution in [0.5, 0.6) is 5.75 Å². The highest BCUT2D eigenvalue weighted by atomic mass is 35.5. The van der Waals surface area contributed by atoms with Crippen LogP contribution in [0, 0.1) is 0 Å². The summed E-state index contributed by atoms with van der Waals surface area (Å²) in [6.45, 7) is 0.474. The highest BCUT2D eigenvalue weighted by Gasteiger charge is 2.27. The number of nitrogens with one attached hydrogen (secondary N) is 2. The number of hydrogen-bond acceptors (Lipinski definition) is 4. The Morgan fingerprint density at radius 1 is 1.14 bits per heavy atom. The maximum atomic E-state index is 12.1. The summed E-state index contributed by atoms with van der Waals surface area (Å²) in [5.74, 6) is 2.91. The highest BCUT2D eigenvalue weighted by molar-refractivity contribution is 6.30. The maximum Gasteiger partial charge on any atom is 0.224 e. The summed E-state index contributed by atoms with van der Waals surface area (Å²) >= 11 is 5.84. The minimum Gasteiger partial charge on any atom is -0.494 e. The molecule has 0 radical (unpaired) electrons. The molecule has 1 saturated carbocycles. The summed E-state index contributed by atoms with van der Waals surface area (Å²) in [5.41, 5.74) is 1.68. The number of carbonyl (C=O) groups is 1. The van der Waals surface area contributed by atoms with E-state index in [1.165, 1.54) is 12.8 Å². The lowest BCUT2D eigenvalue weighted by molar-refractivity contribution is -0.116. The van der Waals surface area contributed by atoms with Crippen LogP contribution in [0.25, 0.3) is 11.4 Å². The Bertz CT molecular complexity index is 934. The summed E-state index contributed by atoms with van der Waals surface area (Å²) in [5, 5.41) is 10.9. The molecule has 1 heterocycles. The van der Waals surface area contributed by atoms with Gasteiger partial charge < -0.3 is 10.1 Å². The van der Waals surface area contributed by atoms with Gasteiger partial charge in [-0.25, -0.2) is 4.98 Å². The molecule has 7 heteroatoms. The maximum absolute atomic E-state index is 12.1. The van der Waals surface area contributed by atoms with E-state index in [0.29, 0.717) is 36.2 Å². The SMILES string of the molecule is O=C(CCCOc1ccc(Cl)cc1)Nc1ccc(-c2n[nH]c(C3CC3)n2)cc1. The first kappa shape index (κ1) is 18.5. The second-order valence-electron chi connectivity index (χ2n) is 6.85. The number of carbonyl (C=O) groups excluding carboxylic acids is 1. The van der Waals surface area contributed by atoms with E-state index in [1.807, 2.05) is 36.4 Å². The molecule has 1 aliphatic rings. The minimum absolute atomic E-state index is 0.0404. The number of hydrogen-bond donors (Lipinski definition) is 2. The fourth-order valence-electron chi connectivity index (χ4n) is 2.82. The van der Waals surface area contributed by atoms with Crippen molar-refractivity contribution in [2.75, 3.05) is 11.9 Å². The van der Waals surface area contributed by atoms with Crippen molar-refractivity contribution in [3.63, 3.8) is 0 Å². The monoisotopic (exact) mass is 396 g/mol. The van der Waals surface area contributed by atoms with E-state index in [0.717, 1.165) is 22.8 Å². The zero-order valence-electron chi connectivity index (χ0n) is 15.3. The molecule has 1 fully saturated rings. The zero-order chi connectivity index (χ0) is 19.3. The van der Waals surface area contributed by atoms with Crippen LogP contribution in [0.1, 0.15) is 37.4 Å². The number of aromatic nitrogens is 3. The van der Waals surface area contributed by atoms with Crippen molar-refractivity contribution in [3.8, 4) is 17.1 Å². The van der Waals surface area contributed by atoms with Gasteiger partial charge in [-0.05, 0) is 67.8 Å². The summed E-state index contributed by atoms with van der Waals surface area (Å²) < 4.78 is 5.59. The van der Waals surface area contributed by atoms with Gasteiger partial charge in [0.05, 0.1) is 6.61 Å². The largest absolute Gasteiger partial charge is 0.494 e. The van der Waals surface area contributed by atoms with Gasteiger partial charge in [0.25, 0.3) is 0 Å². The Kier molecular flexibility index (Phi) is 5.58. The second kappa shape index (κ2) is 8.44. The molecule has 2 aromatic carbocycles. The van der Waals surface area contributed by atoms with Gasteiger partial charge in [-0.1, -0.05) is 11.6 Å². The molecule has 2 N–H and O–H groups in total. The first-order valence-corrected chi connectivity index (χ1v) is 9.76. The first-order valence-electron chi connectivity index (χ1n) is 9.38. The average molecular weight is 397 g/mol. The number of amides is 1. The number of H-pyrrole nitrogens is 1. The number of ether oxygens (including phenoxy) is 1. The zero-order valence-corrected chi connectivity index (χ0v) is 16.1. The molecule has 0 saturated heterocycles. The van der Waals surface area contributed by atoms with Crippen molar-refractivity contribution < 1.29 is 9.53 Å². The summed E-state index contributed by atoms with van der Waals surface area (Å²) in [6.07, 6.45) is 3.39. The number of rotatable bonds is 8. The lowest BCUT2D eigenvalue weighted by atomic mass is 10.2. The van der Waals surface area contributed by atoms with Crippen molar-refractivity contribution in [1.82, 2.24) is 15.2 Å². The summed E-state index contributed by atoms with van der Waals surface area (Å²) in [4.78, 5) is 16.6. The van der Waals surface area contributed by atoms with Gasteiger partial charge in [-0.15, -0.1) is 0 Å². The smallest absolute Gasteiger partial charge is 0.224 e. The van der Waals surface area contributed by atoms with Crippen molar-refractivity contribution in [2.24, 2.45) is 0 Å². The third kappa shape index (κ3) is 4.89. The van der Waals surface area contributed by atoms with E-state index < -0.39 is 0 Å². The standard InChI is InChI=1S/C21H21ClN4O2/c22-16-7-11-18(12-8-16)28-13-1-2-19(27)23-17-9-5-15(6-10-17)21-24-20(25-26-21)14-3-4-14/h5-12,14H,1-4,13H2,(H,23,27)(H,24,25,26). The molecule has 0 spiro atoms. The topological polar surface area (TPSA) is 79.9 Å². The predicted molar refractivity (Wildman–Crippen MR) is 109 cm³/mol. The molecule has 1 aromatic heterocycles. The van der Waals surface area contributed by atoms with Crippen LogP contribution in [-0.4, -0.2) is 27.7 Å². The fraction of sp³-hybridized carbons (Fsp3) is 0.286. The van der Waals surface area contributed by atoms with Crippen molar-refractivity contribution in [1.29, 1.82) is 0 Å². The van der Waals surface area contributed by atoms with E-state index in [2.05, 4.69) is 20.5 Å². The lowest BCUT2D eigenvalue weighted by Gasteiger charge is -2.07. The molecule has 1 aliphatic carbocycles. The van der Waals surface area contributed by atoms with E-state index in [4.69, 9.17) is 16.3 Å². The molecular weight excluding hydrogens is 376 g/mol. The van der Waals surface area contributed by atoms with E-state index in [-0.39, 0.29) is 5.91 Å². The predicted octanol–water partition coefficient (Wildman–Crippen LogP) is 4.80. The van der Waals surface area contributed by atoms with Crippen molar-refractivity contribution in [2.45, 2.75) is 31.6 Å². The number of nitrogens with zero attached hydrogens (tertiary/aromatic N) is 2. The Labute approximate surface area is 168 Å². The molecule has 0 unspecified atom stereocenters. The van der Waals surface area contributed by atoms with E-state index in [1.54, 1.807) is 12.1 Å². The molecular formula is C21H21ClN4O2. The quantitative estimate of drug-likeness (QED) is 0.536. The van der Waals surface area contributed by atoms with Crippen LogP contribution in [0.15, 0.2) is 48.5 Å².